The van der Waals surface area contributed by atoms with Crippen LogP contribution >= 0.6 is 0 Å². The molecular weight excluding hydrogens is 458 g/mol. The number of hydrogen-bond donors (Lipinski definition) is 1. The SMILES string of the molecule is CCOc1cc([C@H]2C[C@H](OC(C)=O)CC[C@H]2NOC(=O)c2cnc(OC)nc2OC)ccc1OC. The highest BCUT2D eigenvalue weighted by molar-refractivity contribution is 5.91. The van der Waals surface area contributed by atoms with Crippen molar-refractivity contribution in [2.75, 3.05) is 27.9 Å². The van der Waals surface area contributed by atoms with Crippen molar-refractivity contribution >= 4 is 11.9 Å². The van der Waals surface area contributed by atoms with Crippen LogP contribution in [-0.4, -0.2) is 62.0 Å². The Morgan fingerprint density at radius 3 is 2.54 bits per heavy atom. The van der Waals surface area contributed by atoms with Crippen molar-refractivity contribution in [3.8, 4) is 23.4 Å². The minimum absolute atomic E-state index is 0.0373. The molecule has 1 aromatic heterocycles. The number of carbonyl (C=O) groups excluding carboxylic acids is 2. The third-order valence-corrected chi connectivity index (χ3v) is 5.68. The topological polar surface area (TPSA) is 127 Å². The molecule has 1 heterocycles. The molecule has 3 atom stereocenters. The molecule has 11 nitrogen and oxygen atoms in total. The normalized spacial score (nSPS) is 19.4. The Morgan fingerprint density at radius 2 is 1.89 bits per heavy atom. The van der Waals surface area contributed by atoms with Gasteiger partial charge in [-0.15, -0.1) is 5.48 Å². The summed E-state index contributed by atoms with van der Waals surface area (Å²) < 4.78 is 26.7. The molecule has 0 saturated heterocycles. The molecule has 3 rings (SSSR count). The van der Waals surface area contributed by atoms with E-state index in [9.17, 15) is 9.59 Å². The minimum atomic E-state index is -0.699. The number of nitrogens with one attached hydrogen (secondary N) is 1. The number of hydrogen-bond acceptors (Lipinski definition) is 11. The average molecular weight is 490 g/mol. The summed E-state index contributed by atoms with van der Waals surface area (Å²) >= 11 is 0. The maximum absolute atomic E-state index is 12.8. The molecule has 1 aliphatic rings. The van der Waals surface area contributed by atoms with Crippen LogP contribution in [0.1, 0.15) is 54.9 Å². The highest BCUT2D eigenvalue weighted by atomic mass is 16.7. The molecule has 0 amide bonds. The lowest BCUT2D eigenvalue weighted by Crippen LogP contribution is -2.42. The Morgan fingerprint density at radius 1 is 1.09 bits per heavy atom. The second kappa shape index (κ2) is 12.2. The van der Waals surface area contributed by atoms with Gasteiger partial charge >= 0.3 is 17.9 Å². The van der Waals surface area contributed by atoms with Crippen LogP contribution in [-0.2, 0) is 14.4 Å². The molecule has 0 radical (unpaired) electrons. The van der Waals surface area contributed by atoms with Crippen LogP contribution in [0.5, 0.6) is 23.4 Å². The van der Waals surface area contributed by atoms with E-state index in [2.05, 4.69) is 15.4 Å². The first kappa shape index (κ1) is 26.0. The second-order valence-electron chi connectivity index (χ2n) is 7.89. The number of esters is 1. The number of methoxy groups -OCH3 is 3. The largest absolute Gasteiger partial charge is 0.493 e. The fourth-order valence-corrected chi connectivity index (χ4v) is 4.10. The molecule has 35 heavy (non-hydrogen) atoms. The van der Waals surface area contributed by atoms with Gasteiger partial charge in [0.15, 0.2) is 11.5 Å². The van der Waals surface area contributed by atoms with Crippen molar-refractivity contribution < 1.29 is 38.1 Å². The summed E-state index contributed by atoms with van der Waals surface area (Å²) in [5.74, 6) is 0.0942. The second-order valence-corrected chi connectivity index (χ2v) is 7.89. The van der Waals surface area contributed by atoms with Crippen molar-refractivity contribution in [2.24, 2.45) is 0 Å². The van der Waals surface area contributed by atoms with E-state index in [1.807, 2.05) is 25.1 Å². The molecule has 1 N–H and O–H groups in total. The number of nitrogens with zero attached hydrogens (tertiary/aromatic N) is 2. The summed E-state index contributed by atoms with van der Waals surface area (Å²) in [6.07, 6.45) is 2.79. The zero-order chi connectivity index (χ0) is 25.4. The number of aromatic nitrogens is 2. The van der Waals surface area contributed by atoms with Crippen LogP contribution in [0.4, 0.5) is 0 Å². The molecule has 0 bridgehead atoms. The fraction of sp³-hybridized carbons (Fsp3) is 0.500. The first-order valence-electron chi connectivity index (χ1n) is 11.3. The van der Waals surface area contributed by atoms with Crippen molar-refractivity contribution in [2.45, 2.75) is 51.2 Å². The fourth-order valence-electron chi connectivity index (χ4n) is 4.10. The Labute approximate surface area is 204 Å². The first-order chi connectivity index (χ1) is 16.9. The van der Waals surface area contributed by atoms with E-state index in [-0.39, 0.29) is 41.5 Å². The van der Waals surface area contributed by atoms with Gasteiger partial charge in [0.2, 0.25) is 5.88 Å². The summed E-state index contributed by atoms with van der Waals surface area (Å²) in [5, 5.41) is 0. The predicted octanol–water partition coefficient (Wildman–Crippen LogP) is 2.83. The zero-order valence-electron chi connectivity index (χ0n) is 20.5. The number of carbonyl (C=O) groups is 2. The molecule has 2 aromatic rings. The molecular formula is C24H31N3O8. The van der Waals surface area contributed by atoms with Crippen molar-refractivity contribution in [1.82, 2.24) is 15.4 Å². The molecule has 1 saturated carbocycles. The van der Waals surface area contributed by atoms with Crippen molar-refractivity contribution in [3.63, 3.8) is 0 Å². The van der Waals surface area contributed by atoms with Crippen LogP contribution in [0.3, 0.4) is 0 Å². The van der Waals surface area contributed by atoms with Crippen LogP contribution in [0.15, 0.2) is 24.4 Å². The van der Waals surface area contributed by atoms with Gasteiger partial charge in [-0.05, 0) is 43.9 Å². The van der Waals surface area contributed by atoms with E-state index in [1.54, 1.807) is 7.11 Å². The van der Waals surface area contributed by atoms with E-state index in [1.165, 1.54) is 27.3 Å². The van der Waals surface area contributed by atoms with Crippen LogP contribution < -0.4 is 24.4 Å². The maximum atomic E-state index is 12.8. The van der Waals surface area contributed by atoms with Gasteiger partial charge in [-0.1, -0.05) is 6.07 Å². The highest BCUT2D eigenvalue weighted by Crippen LogP contribution is 2.38. The number of benzene rings is 1. The van der Waals surface area contributed by atoms with Gasteiger partial charge in [0.25, 0.3) is 0 Å². The van der Waals surface area contributed by atoms with Crippen molar-refractivity contribution in [1.29, 1.82) is 0 Å². The maximum Gasteiger partial charge on any atom is 0.363 e. The summed E-state index contributed by atoms with van der Waals surface area (Å²) in [7, 11) is 4.38. The third kappa shape index (κ3) is 6.50. The number of hydroxylamine groups is 1. The lowest BCUT2D eigenvalue weighted by Gasteiger charge is -2.36. The summed E-state index contributed by atoms with van der Waals surface area (Å²) in [4.78, 5) is 37.7. The molecule has 190 valence electrons. The van der Waals surface area contributed by atoms with E-state index in [0.717, 1.165) is 5.56 Å². The van der Waals surface area contributed by atoms with E-state index >= 15 is 0 Å². The summed E-state index contributed by atoms with van der Waals surface area (Å²) in [6, 6.07) is 5.48. The minimum Gasteiger partial charge on any atom is -0.493 e. The van der Waals surface area contributed by atoms with Crippen LogP contribution in [0.2, 0.25) is 0 Å². The highest BCUT2D eigenvalue weighted by Gasteiger charge is 2.35. The molecule has 0 spiro atoms. The number of rotatable bonds is 10. The zero-order valence-corrected chi connectivity index (χ0v) is 20.5. The standard InChI is InChI=1S/C24H31N3O8/c1-6-33-21-11-15(7-10-20(21)30-3)17-12-16(34-14(2)28)8-9-19(17)27-35-23(29)18-13-25-24(32-5)26-22(18)31-4/h7,10-11,13,16-17,19,27H,6,8-9,12H2,1-5H3/t16-,17-,19-/m1/s1. The Balaban J connectivity index is 1.81. The molecule has 11 heteroatoms. The average Bonchev–Trinajstić information content (AvgIpc) is 2.87. The van der Waals surface area contributed by atoms with Crippen LogP contribution in [0, 0.1) is 0 Å². The predicted molar refractivity (Wildman–Crippen MR) is 124 cm³/mol. The van der Waals surface area contributed by atoms with Gasteiger partial charge < -0.3 is 28.5 Å². The van der Waals surface area contributed by atoms with E-state index in [0.29, 0.717) is 37.4 Å². The number of ether oxygens (including phenoxy) is 5. The van der Waals surface area contributed by atoms with Gasteiger partial charge in [-0.2, -0.15) is 4.98 Å². The third-order valence-electron chi connectivity index (χ3n) is 5.68. The molecule has 1 aliphatic carbocycles. The van der Waals surface area contributed by atoms with Gasteiger partial charge in [0.05, 0.1) is 40.2 Å². The van der Waals surface area contributed by atoms with Gasteiger partial charge in [-0.25, -0.2) is 9.78 Å². The monoisotopic (exact) mass is 489 g/mol. The molecule has 0 unspecified atom stereocenters. The Hall–Kier alpha value is -3.60. The lowest BCUT2D eigenvalue weighted by molar-refractivity contribution is -0.148. The van der Waals surface area contributed by atoms with Gasteiger partial charge in [0, 0.05) is 12.8 Å². The molecule has 1 aromatic carbocycles. The first-order valence-corrected chi connectivity index (χ1v) is 11.3. The smallest absolute Gasteiger partial charge is 0.363 e. The van der Waals surface area contributed by atoms with Gasteiger partial charge in [0.1, 0.15) is 11.7 Å². The Kier molecular flexibility index (Phi) is 9.07. The Bertz CT molecular complexity index is 1030. The lowest BCUT2D eigenvalue weighted by atomic mass is 9.79. The molecule has 1 fully saturated rings. The summed E-state index contributed by atoms with van der Waals surface area (Å²) in [6.45, 7) is 3.77. The van der Waals surface area contributed by atoms with Gasteiger partial charge in [-0.3, -0.25) is 4.79 Å². The summed E-state index contributed by atoms with van der Waals surface area (Å²) in [5.41, 5.74) is 3.88. The molecule has 0 aliphatic heterocycles. The van der Waals surface area contributed by atoms with E-state index < -0.39 is 5.97 Å². The van der Waals surface area contributed by atoms with E-state index in [4.69, 9.17) is 28.5 Å². The van der Waals surface area contributed by atoms with Crippen molar-refractivity contribution in [3.05, 3.63) is 35.5 Å². The quantitative estimate of drug-likeness (QED) is 0.391. The van der Waals surface area contributed by atoms with Crippen LogP contribution in [0.25, 0.3) is 0 Å².